The lowest BCUT2D eigenvalue weighted by atomic mass is 10.3. The second-order valence-electron chi connectivity index (χ2n) is 4.11. The molecule has 4 nitrogen and oxygen atoms in total. The fraction of sp³-hybridized carbons (Fsp3) is 0.500. The molecule has 0 aliphatic carbocycles. The van der Waals surface area contributed by atoms with Gasteiger partial charge in [-0.1, -0.05) is 0 Å². The van der Waals surface area contributed by atoms with E-state index in [-0.39, 0.29) is 11.8 Å². The predicted molar refractivity (Wildman–Crippen MR) is 67.1 cm³/mol. The van der Waals surface area contributed by atoms with Crippen molar-refractivity contribution in [3.8, 4) is 0 Å². The molecule has 2 heterocycles. The van der Waals surface area contributed by atoms with Crippen molar-refractivity contribution in [3.63, 3.8) is 0 Å². The Kier molecular flexibility index (Phi) is 4.14. The van der Waals surface area contributed by atoms with Gasteiger partial charge in [0.2, 0.25) is 5.91 Å². The van der Waals surface area contributed by atoms with Gasteiger partial charge in [0.15, 0.2) is 0 Å². The standard InChI is InChI=1S/C12H16N2O2S/c15-11-3-1-6-14(11)7-2-5-13-12(16)10-4-8-17-9-10/h4,8-9H,1-3,5-7H2,(H,13,16). The quantitative estimate of drug-likeness (QED) is 0.807. The van der Waals surface area contributed by atoms with Crippen LogP contribution in [0, 0.1) is 0 Å². The molecule has 1 aliphatic heterocycles. The smallest absolute Gasteiger partial charge is 0.252 e. The molecule has 92 valence electrons. The number of carbonyl (C=O) groups excluding carboxylic acids is 2. The highest BCUT2D eigenvalue weighted by molar-refractivity contribution is 7.08. The Morgan fingerprint density at radius 2 is 2.41 bits per heavy atom. The van der Waals surface area contributed by atoms with Gasteiger partial charge < -0.3 is 10.2 Å². The monoisotopic (exact) mass is 252 g/mol. The molecule has 0 aromatic carbocycles. The second kappa shape index (κ2) is 5.82. The molecule has 0 atom stereocenters. The topological polar surface area (TPSA) is 49.4 Å². The third-order valence-corrected chi connectivity index (χ3v) is 3.53. The van der Waals surface area contributed by atoms with Gasteiger partial charge in [-0.25, -0.2) is 0 Å². The second-order valence-corrected chi connectivity index (χ2v) is 4.89. The zero-order chi connectivity index (χ0) is 12.1. The minimum absolute atomic E-state index is 0.0287. The Balaban J connectivity index is 1.63. The molecule has 1 aromatic heterocycles. The first-order valence-electron chi connectivity index (χ1n) is 5.85. The van der Waals surface area contributed by atoms with Gasteiger partial charge in [-0.2, -0.15) is 11.3 Å². The van der Waals surface area contributed by atoms with Crippen LogP contribution in [0.5, 0.6) is 0 Å². The van der Waals surface area contributed by atoms with Crippen molar-refractivity contribution >= 4 is 23.2 Å². The van der Waals surface area contributed by atoms with Crippen LogP contribution in [-0.4, -0.2) is 36.3 Å². The lowest BCUT2D eigenvalue weighted by Crippen LogP contribution is -2.30. The van der Waals surface area contributed by atoms with E-state index in [1.807, 2.05) is 21.7 Å². The molecule has 2 rings (SSSR count). The van der Waals surface area contributed by atoms with E-state index in [1.54, 1.807) is 0 Å². The molecule has 0 spiro atoms. The van der Waals surface area contributed by atoms with E-state index in [0.29, 0.717) is 18.5 Å². The van der Waals surface area contributed by atoms with Crippen LogP contribution < -0.4 is 5.32 Å². The Hall–Kier alpha value is -1.36. The molecule has 17 heavy (non-hydrogen) atoms. The number of thiophene rings is 1. The van der Waals surface area contributed by atoms with Gasteiger partial charge in [0.25, 0.3) is 5.91 Å². The lowest BCUT2D eigenvalue weighted by Gasteiger charge is -2.15. The Morgan fingerprint density at radius 3 is 3.06 bits per heavy atom. The zero-order valence-corrected chi connectivity index (χ0v) is 10.5. The fourth-order valence-corrected chi connectivity index (χ4v) is 2.54. The van der Waals surface area contributed by atoms with Crippen LogP contribution in [0.15, 0.2) is 16.8 Å². The summed E-state index contributed by atoms with van der Waals surface area (Å²) in [6, 6.07) is 1.81. The van der Waals surface area contributed by atoms with Crippen LogP contribution in [0.1, 0.15) is 29.6 Å². The van der Waals surface area contributed by atoms with Crippen molar-refractivity contribution < 1.29 is 9.59 Å². The van der Waals surface area contributed by atoms with E-state index < -0.39 is 0 Å². The summed E-state index contributed by atoms with van der Waals surface area (Å²) < 4.78 is 0. The maximum atomic E-state index is 11.6. The molecule has 1 aromatic rings. The molecular formula is C12H16N2O2S. The average Bonchev–Trinajstić information content (AvgIpc) is 2.96. The fourth-order valence-electron chi connectivity index (χ4n) is 1.91. The van der Waals surface area contributed by atoms with Crippen LogP contribution >= 0.6 is 11.3 Å². The van der Waals surface area contributed by atoms with Crippen molar-refractivity contribution in [1.82, 2.24) is 10.2 Å². The Morgan fingerprint density at radius 1 is 1.53 bits per heavy atom. The summed E-state index contributed by atoms with van der Waals surface area (Å²) >= 11 is 1.51. The van der Waals surface area contributed by atoms with Crippen molar-refractivity contribution in [2.24, 2.45) is 0 Å². The molecule has 1 aliphatic rings. The van der Waals surface area contributed by atoms with Crippen LogP contribution in [0.4, 0.5) is 0 Å². The zero-order valence-electron chi connectivity index (χ0n) is 9.65. The van der Waals surface area contributed by atoms with E-state index in [9.17, 15) is 9.59 Å². The first kappa shape index (κ1) is 12.1. The van der Waals surface area contributed by atoms with Crippen LogP contribution in [-0.2, 0) is 4.79 Å². The van der Waals surface area contributed by atoms with E-state index in [1.165, 1.54) is 11.3 Å². The molecule has 1 fully saturated rings. The molecule has 0 saturated carbocycles. The first-order chi connectivity index (χ1) is 8.27. The van der Waals surface area contributed by atoms with Gasteiger partial charge >= 0.3 is 0 Å². The molecule has 2 amide bonds. The van der Waals surface area contributed by atoms with Crippen molar-refractivity contribution in [1.29, 1.82) is 0 Å². The number of amides is 2. The molecule has 5 heteroatoms. The summed E-state index contributed by atoms with van der Waals surface area (Å²) in [6.45, 7) is 2.25. The lowest BCUT2D eigenvalue weighted by molar-refractivity contribution is -0.127. The molecule has 0 unspecified atom stereocenters. The number of likely N-dealkylation sites (tertiary alicyclic amines) is 1. The summed E-state index contributed by atoms with van der Waals surface area (Å²) in [5.74, 6) is 0.216. The Labute approximate surface area is 105 Å². The largest absolute Gasteiger partial charge is 0.352 e. The third-order valence-electron chi connectivity index (χ3n) is 2.85. The minimum atomic E-state index is -0.0287. The highest BCUT2D eigenvalue weighted by Crippen LogP contribution is 2.09. The maximum Gasteiger partial charge on any atom is 0.252 e. The van der Waals surface area contributed by atoms with Gasteiger partial charge in [0.1, 0.15) is 0 Å². The first-order valence-corrected chi connectivity index (χ1v) is 6.80. The summed E-state index contributed by atoms with van der Waals surface area (Å²) in [4.78, 5) is 24.8. The molecular weight excluding hydrogens is 236 g/mol. The highest BCUT2D eigenvalue weighted by atomic mass is 32.1. The molecule has 1 N–H and O–H groups in total. The van der Waals surface area contributed by atoms with Crippen LogP contribution in [0.3, 0.4) is 0 Å². The van der Waals surface area contributed by atoms with E-state index >= 15 is 0 Å². The van der Waals surface area contributed by atoms with Crippen molar-refractivity contribution in [3.05, 3.63) is 22.4 Å². The summed E-state index contributed by atoms with van der Waals surface area (Å²) in [7, 11) is 0. The van der Waals surface area contributed by atoms with Gasteiger partial charge in [-0.3, -0.25) is 9.59 Å². The van der Waals surface area contributed by atoms with Gasteiger partial charge in [0.05, 0.1) is 0 Å². The van der Waals surface area contributed by atoms with E-state index in [4.69, 9.17) is 0 Å². The van der Waals surface area contributed by atoms with Crippen LogP contribution in [0.2, 0.25) is 0 Å². The SMILES string of the molecule is O=C(NCCCN1CCCC1=O)c1ccsc1. The number of nitrogens with one attached hydrogen (secondary N) is 1. The van der Waals surface area contributed by atoms with Crippen molar-refractivity contribution in [2.75, 3.05) is 19.6 Å². The normalized spacial score (nSPS) is 15.3. The van der Waals surface area contributed by atoms with Gasteiger partial charge in [-0.15, -0.1) is 0 Å². The van der Waals surface area contributed by atoms with E-state index in [0.717, 1.165) is 25.9 Å². The van der Waals surface area contributed by atoms with Crippen molar-refractivity contribution in [2.45, 2.75) is 19.3 Å². The van der Waals surface area contributed by atoms with Gasteiger partial charge in [0, 0.05) is 37.0 Å². The maximum absolute atomic E-state index is 11.6. The summed E-state index contributed by atoms with van der Waals surface area (Å²) in [6.07, 6.45) is 2.48. The number of hydrogen-bond donors (Lipinski definition) is 1. The number of carbonyl (C=O) groups is 2. The highest BCUT2D eigenvalue weighted by Gasteiger charge is 2.18. The molecule has 0 radical (unpaired) electrons. The summed E-state index contributed by atoms with van der Waals surface area (Å²) in [5.41, 5.74) is 0.715. The predicted octanol–water partition coefficient (Wildman–Crippen LogP) is 1.49. The average molecular weight is 252 g/mol. The number of rotatable bonds is 5. The van der Waals surface area contributed by atoms with Gasteiger partial charge in [-0.05, 0) is 24.3 Å². The number of hydrogen-bond acceptors (Lipinski definition) is 3. The number of nitrogens with zero attached hydrogens (tertiary/aromatic N) is 1. The Bertz CT molecular complexity index is 389. The third kappa shape index (κ3) is 3.30. The summed E-state index contributed by atoms with van der Waals surface area (Å²) in [5, 5.41) is 6.57. The van der Waals surface area contributed by atoms with E-state index in [2.05, 4.69) is 5.32 Å². The van der Waals surface area contributed by atoms with Crippen LogP contribution in [0.25, 0.3) is 0 Å². The minimum Gasteiger partial charge on any atom is -0.352 e. The molecule has 0 bridgehead atoms. The molecule has 1 saturated heterocycles.